The van der Waals surface area contributed by atoms with E-state index in [1.165, 1.54) is 0 Å². The van der Waals surface area contributed by atoms with Crippen LogP contribution in [-0.2, 0) is 4.79 Å². The number of ether oxygens (including phenoxy) is 2. The number of rotatable bonds is 4. The van der Waals surface area contributed by atoms with Gasteiger partial charge in [-0.15, -0.1) is 0 Å². The Morgan fingerprint density at radius 3 is 2.35 bits per heavy atom. The van der Waals surface area contributed by atoms with Gasteiger partial charge in [-0.05, 0) is 45.4 Å². The summed E-state index contributed by atoms with van der Waals surface area (Å²) in [6, 6.07) is 5.53. The molecule has 0 heterocycles. The molecule has 1 aromatic carbocycles. The minimum Gasteiger partial charge on any atom is -0.497 e. The zero-order valence-electron chi connectivity index (χ0n) is 13.0. The third-order valence-corrected chi connectivity index (χ3v) is 2.68. The van der Waals surface area contributed by atoms with Crippen LogP contribution in [0.3, 0.4) is 0 Å². The van der Waals surface area contributed by atoms with Gasteiger partial charge in [-0.3, -0.25) is 4.79 Å². The number of nitrogens with one attached hydrogen (secondary N) is 1. The van der Waals surface area contributed by atoms with Gasteiger partial charge >= 0.3 is 0 Å². The summed E-state index contributed by atoms with van der Waals surface area (Å²) in [6.45, 7) is 7.72. The quantitative estimate of drug-likeness (QED) is 0.861. The highest BCUT2D eigenvalue weighted by Gasteiger charge is 2.13. The van der Waals surface area contributed by atoms with Crippen LogP contribution in [0, 0.1) is 0 Å². The largest absolute Gasteiger partial charge is 0.497 e. The molecular weight excluding hydrogens is 254 g/mol. The highest BCUT2D eigenvalue weighted by molar-refractivity contribution is 5.95. The summed E-state index contributed by atoms with van der Waals surface area (Å²) in [7, 11) is 3.20. The highest BCUT2D eigenvalue weighted by Crippen LogP contribution is 2.29. The Balaban J connectivity index is 3.02. The molecule has 1 amide bonds. The van der Waals surface area contributed by atoms with E-state index in [2.05, 4.69) is 5.32 Å². The van der Waals surface area contributed by atoms with Gasteiger partial charge in [0.15, 0.2) is 0 Å². The molecule has 0 aliphatic heterocycles. The summed E-state index contributed by atoms with van der Waals surface area (Å²) < 4.78 is 10.5. The van der Waals surface area contributed by atoms with Crippen LogP contribution >= 0.6 is 0 Å². The predicted molar refractivity (Wildman–Crippen MR) is 81.1 cm³/mol. The molecule has 0 aliphatic rings. The molecule has 0 spiro atoms. The van der Waals surface area contributed by atoms with Crippen molar-refractivity contribution in [1.29, 1.82) is 0 Å². The van der Waals surface area contributed by atoms with E-state index >= 15 is 0 Å². The minimum atomic E-state index is -0.252. The Kier molecular flexibility index (Phi) is 5.19. The number of allylic oxidation sites excluding steroid dienone is 1. The van der Waals surface area contributed by atoms with Crippen molar-refractivity contribution < 1.29 is 14.3 Å². The van der Waals surface area contributed by atoms with Gasteiger partial charge in [0.1, 0.15) is 11.5 Å². The summed E-state index contributed by atoms with van der Waals surface area (Å²) in [6.07, 6.45) is 1.58. The lowest BCUT2D eigenvalue weighted by Crippen LogP contribution is -2.39. The Morgan fingerprint density at radius 2 is 1.85 bits per heavy atom. The molecule has 4 nitrogen and oxygen atoms in total. The van der Waals surface area contributed by atoms with Crippen molar-refractivity contribution in [2.24, 2.45) is 0 Å². The van der Waals surface area contributed by atoms with Gasteiger partial charge in [0.2, 0.25) is 5.91 Å². The fraction of sp³-hybridized carbons (Fsp3) is 0.438. The molecule has 1 aromatic rings. The van der Waals surface area contributed by atoms with E-state index in [0.717, 1.165) is 16.9 Å². The number of hydrogen-bond acceptors (Lipinski definition) is 3. The van der Waals surface area contributed by atoms with E-state index in [0.29, 0.717) is 5.75 Å². The standard InChI is InChI=1S/C16H23NO3/c1-11(9-15(18)17-16(2,3)4)13-8-7-12(19-5)10-14(13)20-6/h7-10H,1-6H3,(H,17,18)/b11-9+. The molecule has 0 bridgehead atoms. The molecule has 0 saturated heterocycles. The normalized spacial score (nSPS) is 12.0. The van der Waals surface area contributed by atoms with Crippen LogP contribution in [0.4, 0.5) is 0 Å². The molecule has 0 radical (unpaired) electrons. The molecule has 0 fully saturated rings. The highest BCUT2D eigenvalue weighted by atomic mass is 16.5. The maximum Gasteiger partial charge on any atom is 0.244 e. The number of benzene rings is 1. The van der Waals surface area contributed by atoms with Crippen molar-refractivity contribution >= 4 is 11.5 Å². The SMILES string of the molecule is COc1ccc(/C(C)=C/C(=O)NC(C)(C)C)c(OC)c1. The average Bonchev–Trinajstić information content (AvgIpc) is 2.35. The first-order chi connectivity index (χ1) is 9.26. The fourth-order valence-corrected chi connectivity index (χ4v) is 1.80. The minimum absolute atomic E-state index is 0.118. The van der Waals surface area contributed by atoms with Crippen LogP contribution in [0.5, 0.6) is 11.5 Å². The van der Waals surface area contributed by atoms with E-state index in [9.17, 15) is 4.79 Å². The van der Waals surface area contributed by atoms with Crippen LogP contribution in [0.2, 0.25) is 0 Å². The van der Waals surface area contributed by atoms with Gasteiger partial charge < -0.3 is 14.8 Å². The van der Waals surface area contributed by atoms with Crippen molar-refractivity contribution in [2.45, 2.75) is 33.2 Å². The van der Waals surface area contributed by atoms with Gasteiger partial charge in [-0.2, -0.15) is 0 Å². The zero-order valence-corrected chi connectivity index (χ0v) is 13.0. The first kappa shape index (κ1) is 16.1. The second-order valence-electron chi connectivity index (χ2n) is 5.63. The first-order valence-electron chi connectivity index (χ1n) is 6.49. The third kappa shape index (κ3) is 4.61. The Bertz CT molecular complexity index is 513. The molecule has 1 N–H and O–H groups in total. The van der Waals surface area contributed by atoms with E-state index in [1.807, 2.05) is 39.8 Å². The van der Waals surface area contributed by atoms with Crippen LogP contribution in [-0.4, -0.2) is 25.7 Å². The number of carbonyl (C=O) groups is 1. The van der Waals surface area contributed by atoms with Crippen molar-refractivity contribution in [2.75, 3.05) is 14.2 Å². The average molecular weight is 277 g/mol. The number of carbonyl (C=O) groups excluding carboxylic acids is 1. The monoisotopic (exact) mass is 277 g/mol. The van der Waals surface area contributed by atoms with Crippen molar-refractivity contribution in [3.05, 3.63) is 29.8 Å². The number of methoxy groups -OCH3 is 2. The second kappa shape index (κ2) is 6.46. The lowest BCUT2D eigenvalue weighted by atomic mass is 10.0. The smallest absolute Gasteiger partial charge is 0.244 e. The van der Waals surface area contributed by atoms with E-state index < -0.39 is 0 Å². The first-order valence-corrected chi connectivity index (χ1v) is 6.49. The molecule has 110 valence electrons. The molecule has 1 rings (SSSR count). The Labute approximate surface area is 120 Å². The second-order valence-corrected chi connectivity index (χ2v) is 5.63. The molecule has 0 unspecified atom stereocenters. The van der Waals surface area contributed by atoms with E-state index in [1.54, 1.807) is 26.4 Å². The van der Waals surface area contributed by atoms with Gasteiger partial charge in [0.05, 0.1) is 14.2 Å². The van der Waals surface area contributed by atoms with Crippen LogP contribution in [0.25, 0.3) is 5.57 Å². The van der Waals surface area contributed by atoms with Gasteiger partial charge in [0.25, 0.3) is 0 Å². The van der Waals surface area contributed by atoms with Gasteiger partial charge in [0, 0.05) is 23.2 Å². The molecule has 4 heteroatoms. The molecule has 0 aromatic heterocycles. The van der Waals surface area contributed by atoms with E-state index in [4.69, 9.17) is 9.47 Å². The maximum absolute atomic E-state index is 11.9. The predicted octanol–water partition coefficient (Wildman–Crippen LogP) is 3.02. The third-order valence-electron chi connectivity index (χ3n) is 2.68. The van der Waals surface area contributed by atoms with Crippen LogP contribution < -0.4 is 14.8 Å². The lowest BCUT2D eigenvalue weighted by Gasteiger charge is -2.19. The maximum atomic E-state index is 11.9. The van der Waals surface area contributed by atoms with Gasteiger partial charge in [-0.25, -0.2) is 0 Å². The molecule has 0 aliphatic carbocycles. The van der Waals surface area contributed by atoms with Crippen molar-refractivity contribution in [3.63, 3.8) is 0 Å². The fourth-order valence-electron chi connectivity index (χ4n) is 1.80. The van der Waals surface area contributed by atoms with E-state index in [-0.39, 0.29) is 11.4 Å². The summed E-state index contributed by atoms with van der Waals surface area (Å²) >= 11 is 0. The van der Waals surface area contributed by atoms with Crippen molar-refractivity contribution in [1.82, 2.24) is 5.32 Å². The summed E-state index contributed by atoms with van der Waals surface area (Å²) in [4.78, 5) is 11.9. The lowest BCUT2D eigenvalue weighted by molar-refractivity contribution is -0.117. The summed E-state index contributed by atoms with van der Waals surface area (Å²) in [5.41, 5.74) is 1.46. The van der Waals surface area contributed by atoms with Gasteiger partial charge in [-0.1, -0.05) is 0 Å². The molecule has 0 saturated carbocycles. The number of hydrogen-bond donors (Lipinski definition) is 1. The number of amides is 1. The molecule has 20 heavy (non-hydrogen) atoms. The zero-order chi connectivity index (χ0) is 15.3. The van der Waals surface area contributed by atoms with Crippen LogP contribution in [0.1, 0.15) is 33.3 Å². The Hall–Kier alpha value is -1.97. The molecule has 0 atom stereocenters. The van der Waals surface area contributed by atoms with Crippen molar-refractivity contribution in [3.8, 4) is 11.5 Å². The van der Waals surface area contributed by atoms with Crippen LogP contribution in [0.15, 0.2) is 24.3 Å². The topological polar surface area (TPSA) is 47.6 Å². The summed E-state index contributed by atoms with van der Waals surface area (Å²) in [5, 5.41) is 2.90. The Morgan fingerprint density at radius 1 is 1.20 bits per heavy atom. The summed E-state index contributed by atoms with van der Waals surface area (Å²) in [5.74, 6) is 1.28. The molecular formula is C16H23NO3.